The van der Waals surface area contributed by atoms with Crippen molar-refractivity contribution >= 4 is 17.9 Å². The van der Waals surface area contributed by atoms with Crippen molar-refractivity contribution in [1.82, 2.24) is 4.90 Å². The van der Waals surface area contributed by atoms with E-state index in [1.165, 1.54) is 0 Å². The zero-order valence-corrected chi connectivity index (χ0v) is 11.3. The van der Waals surface area contributed by atoms with Crippen LogP contribution in [0.15, 0.2) is 52.6 Å². The molecule has 0 saturated carbocycles. The van der Waals surface area contributed by atoms with Crippen LogP contribution in [0, 0.1) is 0 Å². The Morgan fingerprint density at radius 3 is 2.50 bits per heavy atom. The number of hydrogen-bond acceptors (Lipinski definition) is 1. The molecule has 0 rings (SSSR count). The van der Waals surface area contributed by atoms with Gasteiger partial charge in [-0.1, -0.05) is 30.3 Å². The Balaban J connectivity index is 4.43. The van der Waals surface area contributed by atoms with E-state index in [1.54, 1.807) is 25.2 Å². The zero-order chi connectivity index (χ0) is 14.1. The second-order valence-electron chi connectivity index (χ2n) is 3.78. The van der Waals surface area contributed by atoms with Crippen LogP contribution in [0.4, 0.5) is 8.78 Å². The lowest BCUT2D eigenvalue weighted by Gasteiger charge is -2.13. The van der Waals surface area contributed by atoms with Crippen LogP contribution in [0.3, 0.4) is 0 Å². The predicted octanol–water partition coefficient (Wildman–Crippen LogP) is 3.98. The summed E-state index contributed by atoms with van der Waals surface area (Å²) in [7, 11) is 1.77. The first kappa shape index (κ1) is 16.6. The van der Waals surface area contributed by atoms with Gasteiger partial charge in [-0.15, -0.1) is 0 Å². The van der Waals surface area contributed by atoms with Gasteiger partial charge in [0, 0.05) is 18.6 Å². The van der Waals surface area contributed by atoms with Crippen LogP contribution in [0.5, 0.6) is 0 Å². The molecule has 0 aromatic heterocycles. The summed E-state index contributed by atoms with van der Waals surface area (Å²) in [5.74, 6) is -1.90. The van der Waals surface area contributed by atoms with Gasteiger partial charge in [0.2, 0.25) is 0 Å². The lowest BCUT2D eigenvalue weighted by molar-refractivity contribution is 0.552. The average molecular weight is 275 g/mol. The van der Waals surface area contributed by atoms with Gasteiger partial charge in [-0.25, -0.2) is 8.78 Å². The van der Waals surface area contributed by atoms with E-state index < -0.39 is 11.7 Å². The first-order valence-corrected chi connectivity index (χ1v) is 5.63. The van der Waals surface area contributed by atoms with Crippen molar-refractivity contribution < 1.29 is 8.78 Å². The van der Waals surface area contributed by atoms with Crippen molar-refractivity contribution in [3.8, 4) is 0 Å². The van der Waals surface area contributed by atoms with Crippen LogP contribution >= 0.6 is 11.6 Å². The smallest absolute Gasteiger partial charge is 0.158 e. The minimum Gasteiger partial charge on any atom is -0.362 e. The number of allylic oxidation sites excluding steroid dienone is 4. The van der Waals surface area contributed by atoms with E-state index in [0.717, 1.165) is 12.2 Å². The highest BCUT2D eigenvalue weighted by Gasteiger charge is 2.01. The average Bonchev–Trinajstić information content (AvgIpc) is 2.26. The molecule has 100 valence electrons. The normalized spacial score (nSPS) is 13.5. The van der Waals surface area contributed by atoms with E-state index in [2.05, 4.69) is 18.2 Å². The minimum absolute atomic E-state index is 0.327. The Kier molecular flexibility index (Phi) is 7.96. The Morgan fingerprint density at radius 1 is 1.39 bits per heavy atom. The number of nitrogens with zero attached hydrogens (tertiary/aromatic N) is 2. The maximum Gasteiger partial charge on any atom is 0.158 e. The van der Waals surface area contributed by atoms with E-state index in [-0.39, 0.29) is 0 Å². The van der Waals surface area contributed by atoms with E-state index in [1.807, 2.05) is 0 Å². The number of aliphatic imine (C=N–C) groups is 1. The molecule has 0 bridgehead atoms. The molecule has 0 aliphatic heterocycles. The molecular weight excluding hydrogens is 258 g/mol. The summed E-state index contributed by atoms with van der Waals surface area (Å²) in [6.45, 7) is 9.10. The summed E-state index contributed by atoms with van der Waals surface area (Å²) in [5.41, 5.74) is 0.656. The first-order valence-electron chi connectivity index (χ1n) is 5.25. The van der Waals surface area contributed by atoms with Crippen molar-refractivity contribution in [2.45, 2.75) is 6.92 Å². The number of halogens is 3. The topological polar surface area (TPSA) is 15.6 Å². The summed E-state index contributed by atoms with van der Waals surface area (Å²) in [5, 5.41) is 0.439. The van der Waals surface area contributed by atoms with Crippen LogP contribution in [-0.2, 0) is 0 Å². The third kappa shape index (κ3) is 7.79. The number of hydrogen-bond donors (Lipinski definition) is 0. The molecule has 0 amide bonds. The molecule has 0 fully saturated rings. The van der Waals surface area contributed by atoms with Crippen LogP contribution < -0.4 is 0 Å². The molecule has 0 aromatic rings. The fourth-order valence-electron chi connectivity index (χ4n) is 1.14. The van der Waals surface area contributed by atoms with Crippen molar-refractivity contribution in [2.75, 3.05) is 20.1 Å². The molecule has 0 atom stereocenters. The third-order valence-electron chi connectivity index (χ3n) is 1.82. The summed E-state index contributed by atoms with van der Waals surface area (Å²) in [6, 6.07) is 0. The molecule has 0 saturated heterocycles. The van der Waals surface area contributed by atoms with E-state index >= 15 is 0 Å². The maximum absolute atomic E-state index is 13.1. The van der Waals surface area contributed by atoms with Gasteiger partial charge in [-0.2, -0.15) is 0 Å². The molecule has 0 spiro atoms. The molecule has 2 nitrogen and oxygen atoms in total. The minimum atomic E-state index is -0.968. The van der Waals surface area contributed by atoms with Gasteiger partial charge in [-0.05, 0) is 19.1 Å². The highest BCUT2D eigenvalue weighted by atomic mass is 35.5. The molecule has 5 heteroatoms. The van der Waals surface area contributed by atoms with Gasteiger partial charge >= 0.3 is 0 Å². The monoisotopic (exact) mass is 274 g/mol. The standard InChI is InChI=1S/C13H17ClF2N2/c1-5-12(15)13(16)6-10(2)8-18(4)9-17-7-11(3)14/h5-6,9H,1,3,7-8H2,2,4H3/b10-6+,13-12-,17-9+. The molecule has 0 aromatic carbocycles. The highest BCUT2D eigenvalue weighted by Crippen LogP contribution is 2.12. The second-order valence-corrected chi connectivity index (χ2v) is 4.31. The van der Waals surface area contributed by atoms with Gasteiger partial charge < -0.3 is 4.90 Å². The Labute approximate surface area is 112 Å². The van der Waals surface area contributed by atoms with Crippen molar-refractivity contribution in [3.05, 3.63) is 47.6 Å². The van der Waals surface area contributed by atoms with Gasteiger partial charge in [-0.3, -0.25) is 4.99 Å². The molecule has 0 N–H and O–H groups in total. The lowest BCUT2D eigenvalue weighted by atomic mass is 10.2. The Morgan fingerprint density at radius 2 is 2.00 bits per heavy atom. The quantitative estimate of drug-likeness (QED) is 0.389. The highest BCUT2D eigenvalue weighted by molar-refractivity contribution is 6.29. The molecular formula is C13H17ClF2N2. The number of likely N-dealkylation sites (N-methyl/N-ethyl adjacent to an activating group) is 1. The van der Waals surface area contributed by atoms with Crippen LogP contribution in [0.1, 0.15) is 6.92 Å². The summed E-state index contributed by atoms with van der Waals surface area (Å²) >= 11 is 5.54. The fraction of sp³-hybridized carbons (Fsp3) is 0.308. The fourth-order valence-corrected chi connectivity index (χ4v) is 1.21. The maximum atomic E-state index is 13.1. The van der Waals surface area contributed by atoms with Gasteiger partial charge in [0.05, 0.1) is 12.9 Å². The summed E-state index contributed by atoms with van der Waals surface area (Å²) in [4.78, 5) is 5.73. The Bertz CT molecular complexity index is 398. The van der Waals surface area contributed by atoms with E-state index in [9.17, 15) is 8.78 Å². The molecule has 18 heavy (non-hydrogen) atoms. The van der Waals surface area contributed by atoms with Crippen LogP contribution in [-0.4, -0.2) is 31.4 Å². The van der Waals surface area contributed by atoms with Gasteiger partial charge in [0.15, 0.2) is 11.7 Å². The third-order valence-corrected chi connectivity index (χ3v) is 1.94. The first-order chi connectivity index (χ1) is 8.36. The van der Waals surface area contributed by atoms with E-state index in [0.29, 0.717) is 23.7 Å². The summed E-state index contributed by atoms with van der Waals surface area (Å²) < 4.78 is 25.9. The SMILES string of the molecule is C=C/C(F)=C(F)\C=C(/C)CN(C)/C=N/CC(=C)Cl. The van der Waals surface area contributed by atoms with Gasteiger partial charge in [0.25, 0.3) is 0 Å². The lowest BCUT2D eigenvalue weighted by Crippen LogP contribution is -2.18. The molecule has 0 heterocycles. The van der Waals surface area contributed by atoms with Crippen molar-refractivity contribution in [2.24, 2.45) is 4.99 Å². The molecule has 0 aliphatic carbocycles. The van der Waals surface area contributed by atoms with Gasteiger partial charge in [0.1, 0.15) is 0 Å². The zero-order valence-electron chi connectivity index (χ0n) is 10.6. The van der Waals surface area contributed by atoms with Crippen molar-refractivity contribution in [1.29, 1.82) is 0 Å². The van der Waals surface area contributed by atoms with Crippen molar-refractivity contribution in [3.63, 3.8) is 0 Å². The summed E-state index contributed by atoms with van der Waals surface area (Å²) in [6.07, 6.45) is 3.52. The largest absolute Gasteiger partial charge is 0.362 e. The number of rotatable bonds is 7. The Hall–Kier alpha value is -1.42. The molecule has 0 radical (unpaired) electrons. The second kappa shape index (κ2) is 8.64. The molecule has 0 aliphatic rings. The van der Waals surface area contributed by atoms with Crippen LogP contribution in [0.25, 0.3) is 0 Å². The van der Waals surface area contributed by atoms with E-state index in [4.69, 9.17) is 11.6 Å². The van der Waals surface area contributed by atoms with Crippen LogP contribution in [0.2, 0.25) is 0 Å². The molecule has 0 unspecified atom stereocenters. The predicted molar refractivity (Wildman–Crippen MR) is 74.2 cm³/mol.